The Labute approximate surface area is 208 Å². The van der Waals surface area contributed by atoms with Gasteiger partial charge in [0.2, 0.25) is 11.8 Å². The van der Waals surface area contributed by atoms with Gasteiger partial charge in [0.1, 0.15) is 6.04 Å². The molecule has 0 aliphatic carbocycles. The summed E-state index contributed by atoms with van der Waals surface area (Å²) < 4.78 is 0. The van der Waals surface area contributed by atoms with Crippen molar-refractivity contribution >= 4 is 52.5 Å². The van der Waals surface area contributed by atoms with Crippen LogP contribution in [-0.4, -0.2) is 39.0 Å². The Morgan fingerprint density at radius 3 is 2.21 bits per heavy atom. The summed E-state index contributed by atoms with van der Waals surface area (Å²) in [6.45, 7) is 7.37. The highest BCUT2D eigenvalue weighted by atomic mass is 35.5. The minimum Gasteiger partial charge on any atom is -0.350 e. The van der Waals surface area contributed by atoms with Crippen LogP contribution >= 0.6 is 35.0 Å². The maximum atomic E-state index is 13.2. The Hall–Kier alpha value is -2.29. The van der Waals surface area contributed by atoms with E-state index in [0.29, 0.717) is 21.4 Å². The smallest absolute Gasteiger partial charge is 0.269 e. The van der Waals surface area contributed by atoms with Crippen LogP contribution < -0.4 is 5.32 Å². The van der Waals surface area contributed by atoms with Crippen LogP contribution in [0, 0.1) is 10.1 Å². The highest BCUT2D eigenvalue weighted by Gasteiger charge is 2.29. The second-order valence-electron chi connectivity index (χ2n) is 8.55. The van der Waals surface area contributed by atoms with Gasteiger partial charge in [0.25, 0.3) is 5.69 Å². The summed E-state index contributed by atoms with van der Waals surface area (Å²) in [5.74, 6) is 0.0907. The van der Waals surface area contributed by atoms with E-state index in [4.69, 9.17) is 23.2 Å². The molecule has 0 fully saturated rings. The number of nitro groups is 1. The highest BCUT2D eigenvalue weighted by molar-refractivity contribution is 7.99. The molecule has 0 heterocycles. The molecular weight excluding hydrogens is 485 g/mol. The summed E-state index contributed by atoms with van der Waals surface area (Å²) in [4.78, 5) is 37.8. The van der Waals surface area contributed by atoms with E-state index in [-0.39, 0.29) is 29.8 Å². The Bertz CT molecular complexity index is 990. The molecule has 2 rings (SSSR count). The van der Waals surface area contributed by atoms with Gasteiger partial charge in [0, 0.05) is 45.6 Å². The third-order valence-corrected chi connectivity index (χ3v) is 6.39. The van der Waals surface area contributed by atoms with Gasteiger partial charge in [-0.15, -0.1) is 11.8 Å². The molecule has 10 heteroatoms. The third kappa shape index (κ3) is 8.21. The normalized spacial score (nSPS) is 12.2. The molecule has 178 valence electrons. The minimum absolute atomic E-state index is 0.0151. The van der Waals surface area contributed by atoms with Crippen LogP contribution in [0.3, 0.4) is 0 Å². The van der Waals surface area contributed by atoms with Crippen molar-refractivity contribution in [1.29, 1.82) is 0 Å². The van der Waals surface area contributed by atoms with Crippen molar-refractivity contribution in [1.82, 2.24) is 10.2 Å². The van der Waals surface area contributed by atoms with Crippen LogP contribution in [0.5, 0.6) is 0 Å². The first-order chi connectivity index (χ1) is 15.4. The number of amides is 2. The van der Waals surface area contributed by atoms with E-state index < -0.39 is 16.5 Å². The van der Waals surface area contributed by atoms with E-state index >= 15 is 0 Å². The Morgan fingerprint density at radius 1 is 1.12 bits per heavy atom. The minimum atomic E-state index is -0.746. The van der Waals surface area contributed by atoms with Crippen molar-refractivity contribution in [2.75, 3.05) is 5.75 Å². The summed E-state index contributed by atoms with van der Waals surface area (Å²) in [7, 11) is 0. The van der Waals surface area contributed by atoms with Crippen LogP contribution in [0.4, 0.5) is 5.69 Å². The molecule has 0 saturated carbocycles. The molecule has 2 amide bonds. The van der Waals surface area contributed by atoms with Gasteiger partial charge in [-0.05, 0) is 45.4 Å². The topological polar surface area (TPSA) is 92.6 Å². The van der Waals surface area contributed by atoms with Gasteiger partial charge in [-0.2, -0.15) is 0 Å². The largest absolute Gasteiger partial charge is 0.350 e. The van der Waals surface area contributed by atoms with Crippen molar-refractivity contribution in [3.63, 3.8) is 0 Å². The number of rotatable bonds is 9. The Balaban J connectivity index is 2.14. The van der Waals surface area contributed by atoms with Crippen molar-refractivity contribution in [3.8, 4) is 0 Å². The molecule has 0 unspecified atom stereocenters. The van der Waals surface area contributed by atoms with Crippen LogP contribution in [0.25, 0.3) is 0 Å². The fourth-order valence-corrected chi connectivity index (χ4v) is 4.35. The summed E-state index contributed by atoms with van der Waals surface area (Å²) >= 11 is 14.0. The van der Waals surface area contributed by atoms with E-state index in [0.717, 1.165) is 5.56 Å². The number of thioether (sulfide) groups is 1. The number of carbonyl (C=O) groups excluding carboxylic acids is 2. The van der Waals surface area contributed by atoms with Crippen LogP contribution in [0.15, 0.2) is 42.5 Å². The monoisotopic (exact) mass is 511 g/mol. The van der Waals surface area contributed by atoms with Crippen molar-refractivity contribution in [2.24, 2.45) is 0 Å². The maximum Gasteiger partial charge on any atom is 0.269 e. The first kappa shape index (κ1) is 27.0. The zero-order chi connectivity index (χ0) is 24.8. The number of nitrogens with one attached hydrogen (secondary N) is 1. The summed E-state index contributed by atoms with van der Waals surface area (Å²) in [5, 5.41) is 14.5. The van der Waals surface area contributed by atoms with E-state index in [1.807, 2.05) is 20.8 Å². The van der Waals surface area contributed by atoms with Gasteiger partial charge >= 0.3 is 0 Å². The van der Waals surface area contributed by atoms with Crippen LogP contribution in [-0.2, 0) is 21.9 Å². The molecule has 0 bridgehead atoms. The van der Waals surface area contributed by atoms with Crippen LogP contribution in [0.1, 0.15) is 38.8 Å². The standard InChI is InChI=1S/C23H27Cl2N3O4S/c1-15(22(30)26-23(2,3)4)27(12-18-19(24)6-5-7-20(18)25)21(29)14-33-13-16-8-10-17(11-9-16)28(31)32/h5-11,15H,12-14H2,1-4H3,(H,26,30)/t15-/m0/s1. The molecule has 1 N–H and O–H groups in total. The van der Waals surface area contributed by atoms with Gasteiger partial charge in [0.15, 0.2) is 0 Å². The molecule has 2 aromatic carbocycles. The number of carbonyl (C=O) groups is 2. The molecule has 0 aromatic heterocycles. The predicted molar refractivity (Wildman–Crippen MR) is 134 cm³/mol. The number of hydrogen-bond acceptors (Lipinski definition) is 5. The van der Waals surface area contributed by atoms with Gasteiger partial charge in [0.05, 0.1) is 10.7 Å². The molecule has 0 radical (unpaired) electrons. The molecule has 0 aliphatic rings. The predicted octanol–water partition coefficient (Wildman–Crippen LogP) is 5.47. The number of nitro benzene ring substituents is 1. The van der Waals surface area contributed by atoms with E-state index in [1.165, 1.54) is 28.8 Å². The summed E-state index contributed by atoms with van der Waals surface area (Å²) in [5.41, 5.74) is 0.996. The zero-order valence-electron chi connectivity index (χ0n) is 18.9. The van der Waals surface area contributed by atoms with E-state index in [1.54, 1.807) is 37.3 Å². The third-order valence-electron chi connectivity index (χ3n) is 4.70. The lowest BCUT2D eigenvalue weighted by Gasteiger charge is -2.32. The van der Waals surface area contributed by atoms with Gasteiger partial charge in [-0.25, -0.2) is 0 Å². The quantitative estimate of drug-likeness (QED) is 0.356. The molecule has 33 heavy (non-hydrogen) atoms. The van der Waals surface area contributed by atoms with Gasteiger partial charge < -0.3 is 10.2 Å². The lowest BCUT2D eigenvalue weighted by Crippen LogP contribution is -2.52. The van der Waals surface area contributed by atoms with Crippen molar-refractivity contribution < 1.29 is 14.5 Å². The lowest BCUT2D eigenvalue weighted by atomic mass is 10.1. The number of benzene rings is 2. The maximum absolute atomic E-state index is 13.2. The second kappa shape index (κ2) is 11.7. The first-order valence-electron chi connectivity index (χ1n) is 10.2. The van der Waals surface area contributed by atoms with Crippen molar-refractivity contribution in [2.45, 2.75) is 51.6 Å². The number of nitrogens with zero attached hydrogens (tertiary/aromatic N) is 2. The average Bonchev–Trinajstić information content (AvgIpc) is 2.72. The molecule has 0 saturated heterocycles. The Kier molecular flexibility index (Phi) is 9.57. The first-order valence-corrected chi connectivity index (χ1v) is 12.2. The van der Waals surface area contributed by atoms with Gasteiger partial charge in [-0.1, -0.05) is 41.4 Å². The summed E-state index contributed by atoms with van der Waals surface area (Å²) in [6.07, 6.45) is 0. The lowest BCUT2D eigenvalue weighted by molar-refractivity contribution is -0.384. The van der Waals surface area contributed by atoms with Crippen LogP contribution in [0.2, 0.25) is 10.0 Å². The summed E-state index contributed by atoms with van der Waals surface area (Å²) in [6, 6.07) is 10.5. The number of non-ortho nitro benzene ring substituents is 1. The molecule has 7 nitrogen and oxygen atoms in total. The van der Waals surface area contributed by atoms with E-state index in [9.17, 15) is 19.7 Å². The van der Waals surface area contributed by atoms with E-state index in [2.05, 4.69) is 5.32 Å². The highest BCUT2D eigenvalue weighted by Crippen LogP contribution is 2.27. The van der Waals surface area contributed by atoms with Crippen molar-refractivity contribution in [3.05, 3.63) is 73.8 Å². The molecule has 2 aromatic rings. The molecule has 1 atom stereocenters. The SMILES string of the molecule is C[C@@H](C(=O)NC(C)(C)C)N(Cc1c(Cl)cccc1Cl)C(=O)CSCc1ccc([N+](=O)[O-])cc1. The molecular formula is C23H27Cl2N3O4S. The zero-order valence-corrected chi connectivity index (χ0v) is 21.3. The number of halogens is 2. The Morgan fingerprint density at radius 2 is 1.70 bits per heavy atom. The average molecular weight is 512 g/mol. The second-order valence-corrected chi connectivity index (χ2v) is 10.4. The molecule has 0 spiro atoms. The molecule has 0 aliphatic heterocycles. The fraction of sp³-hybridized carbons (Fsp3) is 0.391. The fourth-order valence-electron chi connectivity index (χ4n) is 2.96. The van der Waals surface area contributed by atoms with Gasteiger partial charge in [-0.3, -0.25) is 19.7 Å². The number of hydrogen-bond donors (Lipinski definition) is 1.